The molecule has 0 bridgehead atoms. The molecule has 1 aromatic carbocycles. The fourth-order valence-electron chi connectivity index (χ4n) is 3.62. The Morgan fingerprint density at radius 3 is 2.23 bits per heavy atom. The van der Waals surface area contributed by atoms with Gasteiger partial charge in [-0.25, -0.2) is 17.9 Å². The first-order chi connectivity index (χ1) is 16.5. The van der Waals surface area contributed by atoms with Crippen molar-refractivity contribution in [3.63, 3.8) is 0 Å². The summed E-state index contributed by atoms with van der Waals surface area (Å²) in [5.41, 5.74) is 1.09. The summed E-state index contributed by atoms with van der Waals surface area (Å²) in [6.07, 6.45) is 4.96. The zero-order valence-corrected chi connectivity index (χ0v) is 21.5. The second-order valence-corrected chi connectivity index (χ2v) is 10.6. The van der Waals surface area contributed by atoms with Crippen molar-refractivity contribution >= 4 is 27.8 Å². The summed E-state index contributed by atoms with van der Waals surface area (Å²) >= 11 is 0. The lowest BCUT2D eigenvalue weighted by atomic mass is 10.0. The fourth-order valence-corrected chi connectivity index (χ4v) is 4.61. The van der Waals surface area contributed by atoms with Gasteiger partial charge in [0, 0.05) is 31.1 Å². The minimum Gasteiger partial charge on any atom is -0.477 e. The van der Waals surface area contributed by atoms with Crippen LogP contribution in [0.5, 0.6) is 0 Å². The molecule has 3 N–H and O–H groups in total. The third-order valence-corrected chi connectivity index (χ3v) is 7.33. The highest BCUT2D eigenvalue weighted by Crippen LogP contribution is 2.21. The standard InChI is InChI=1S/C25H35N3O6S/c1-5-18(6-2)15-28-16-20(9-12-22(28)25(31)32)24(30)27-35(33,34)21-10-7-19(8-11-21)13-14-26-23(29)17(3)4/h7-12,17-18H,5-6,13-16H2,1-4H3,(H,26,29)(H,27,30)(H,31,32). The Kier molecular flexibility index (Phi) is 10.1. The van der Waals surface area contributed by atoms with Gasteiger partial charge in [-0.05, 0) is 42.2 Å². The number of nitrogens with one attached hydrogen (secondary N) is 2. The molecule has 1 heterocycles. The molecule has 0 radical (unpaired) electrons. The van der Waals surface area contributed by atoms with E-state index in [1.807, 2.05) is 13.8 Å². The van der Waals surface area contributed by atoms with Crippen LogP contribution in [0.2, 0.25) is 0 Å². The molecular formula is C25H35N3O6S. The van der Waals surface area contributed by atoms with Gasteiger partial charge in [0.05, 0.1) is 4.90 Å². The molecule has 192 valence electrons. The number of hydrogen-bond acceptors (Lipinski definition) is 6. The highest BCUT2D eigenvalue weighted by Gasteiger charge is 2.27. The average molecular weight is 506 g/mol. The highest BCUT2D eigenvalue weighted by molar-refractivity contribution is 7.90. The predicted octanol–water partition coefficient (Wildman–Crippen LogP) is 2.45. The second kappa shape index (κ2) is 12.5. The van der Waals surface area contributed by atoms with Crippen LogP contribution in [-0.4, -0.2) is 55.8 Å². The van der Waals surface area contributed by atoms with Crippen molar-refractivity contribution in [2.24, 2.45) is 11.8 Å². The molecule has 0 fully saturated rings. The van der Waals surface area contributed by atoms with Gasteiger partial charge in [-0.1, -0.05) is 52.7 Å². The maximum Gasteiger partial charge on any atom is 0.352 e. The van der Waals surface area contributed by atoms with E-state index >= 15 is 0 Å². The molecule has 0 saturated carbocycles. The number of rotatable bonds is 12. The predicted molar refractivity (Wildman–Crippen MR) is 133 cm³/mol. The van der Waals surface area contributed by atoms with Crippen molar-refractivity contribution < 1.29 is 27.9 Å². The Balaban J connectivity index is 2.07. The van der Waals surface area contributed by atoms with Crippen molar-refractivity contribution in [2.75, 3.05) is 19.6 Å². The SMILES string of the molecule is CCC(CC)CN1CC(C(=O)NS(=O)(=O)c2ccc(CCNC(=O)C(C)C)cc2)=CC=C1C(=O)O. The van der Waals surface area contributed by atoms with Crippen LogP contribution >= 0.6 is 0 Å². The minimum absolute atomic E-state index is 0.0109. The van der Waals surface area contributed by atoms with Gasteiger partial charge in [0.1, 0.15) is 5.70 Å². The number of carbonyl (C=O) groups is 3. The molecule has 0 aromatic heterocycles. The summed E-state index contributed by atoms with van der Waals surface area (Å²) in [5, 5.41) is 12.3. The van der Waals surface area contributed by atoms with E-state index in [0.717, 1.165) is 18.4 Å². The molecule has 0 saturated heterocycles. The molecule has 0 spiro atoms. The van der Waals surface area contributed by atoms with E-state index < -0.39 is 21.9 Å². The largest absolute Gasteiger partial charge is 0.477 e. The smallest absolute Gasteiger partial charge is 0.352 e. The normalized spacial score (nSPS) is 13.9. The van der Waals surface area contributed by atoms with Crippen molar-refractivity contribution in [3.8, 4) is 0 Å². The fraction of sp³-hybridized carbons (Fsp3) is 0.480. The van der Waals surface area contributed by atoms with Gasteiger partial charge in [0.2, 0.25) is 5.91 Å². The molecule has 1 aliphatic heterocycles. The van der Waals surface area contributed by atoms with Gasteiger partial charge < -0.3 is 15.3 Å². The third-order valence-electron chi connectivity index (χ3n) is 5.99. The Morgan fingerprint density at radius 1 is 1.06 bits per heavy atom. The van der Waals surface area contributed by atoms with Gasteiger partial charge >= 0.3 is 5.97 Å². The van der Waals surface area contributed by atoms with Gasteiger partial charge in [-0.2, -0.15) is 0 Å². The lowest BCUT2D eigenvalue weighted by Crippen LogP contribution is -2.40. The Bertz CT molecular complexity index is 1090. The second-order valence-electron chi connectivity index (χ2n) is 8.89. The monoisotopic (exact) mass is 505 g/mol. The number of nitrogens with zero attached hydrogens (tertiary/aromatic N) is 1. The zero-order chi connectivity index (χ0) is 26.2. The van der Waals surface area contributed by atoms with E-state index in [4.69, 9.17) is 0 Å². The van der Waals surface area contributed by atoms with Crippen molar-refractivity contribution in [1.82, 2.24) is 14.9 Å². The van der Waals surface area contributed by atoms with E-state index in [1.54, 1.807) is 30.9 Å². The molecule has 10 heteroatoms. The van der Waals surface area contributed by atoms with Crippen LogP contribution in [0.3, 0.4) is 0 Å². The molecule has 0 aliphatic carbocycles. The van der Waals surface area contributed by atoms with Crippen LogP contribution in [0.25, 0.3) is 0 Å². The van der Waals surface area contributed by atoms with Crippen LogP contribution in [0, 0.1) is 11.8 Å². The zero-order valence-electron chi connectivity index (χ0n) is 20.7. The van der Waals surface area contributed by atoms with Crippen LogP contribution in [0.15, 0.2) is 52.6 Å². The number of allylic oxidation sites excluding steroid dienone is 2. The van der Waals surface area contributed by atoms with Gasteiger partial charge in [-0.15, -0.1) is 0 Å². The van der Waals surface area contributed by atoms with Crippen LogP contribution in [-0.2, 0) is 30.8 Å². The Hall–Kier alpha value is -3.14. The summed E-state index contributed by atoms with van der Waals surface area (Å²) in [4.78, 5) is 37.6. The molecule has 9 nitrogen and oxygen atoms in total. The first-order valence-electron chi connectivity index (χ1n) is 11.8. The number of hydrogen-bond donors (Lipinski definition) is 3. The lowest BCUT2D eigenvalue weighted by molar-refractivity contribution is -0.134. The molecule has 35 heavy (non-hydrogen) atoms. The summed E-state index contributed by atoms with van der Waals surface area (Å²) < 4.78 is 27.6. The molecule has 1 aliphatic rings. The van der Waals surface area contributed by atoms with E-state index in [9.17, 15) is 27.9 Å². The number of aliphatic carboxylic acids is 1. The van der Waals surface area contributed by atoms with E-state index in [-0.39, 0.29) is 40.5 Å². The summed E-state index contributed by atoms with van der Waals surface area (Å²) in [6.45, 7) is 8.56. The van der Waals surface area contributed by atoms with E-state index in [2.05, 4.69) is 10.0 Å². The molecule has 2 amide bonds. The van der Waals surface area contributed by atoms with Crippen LogP contribution in [0.1, 0.15) is 46.1 Å². The number of sulfonamides is 1. The maximum atomic E-state index is 12.8. The van der Waals surface area contributed by atoms with E-state index in [1.165, 1.54) is 24.3 Å². The highest BCUT2D eigenvalue weighted by atomic mass is 32.2. The summed E-state index contributed by atoms with van der Waals surface area (Å²) in [6, 6.07) is 6.10. The average Bonchev–Trinajstić information content (AvgIpc) is 2.82. The lowest BCUT2D eigenvalue weighted by Gasteiger charge is -2.31. The van der Waals surface area contributed by atoms with E-state index in [0.29, 0.717) is 19.5 Å². The first-order valence-corrected chi connectivity index (χ1v) is 13.3. The molecule has 2 rings (SSSR count). The number of carboxylic acids is 1. The third kappa shape index (κ3) is 7.95. The number of carboxylic acid groups (broad SMARTS) is 1. The maximum absolute atomic E-state index is 12.8. The van der Waals surface area contributed by atoms with Crippen LogP contribution < -0.4 is 10.0 Å². The summed E-state index contributed by atoms with van der Waals surface area (Å²) in [5.74, 6) is -1.79. The Labute approximate surface area is 207 Å². The molecular weight excluding hydrogens is 470 g/mol. The molecule has 0 atom stereocenters. The molecule has 1 aromatic rings. The quantitative estimate of drug-likeness (QED) is 0.397. The summed E-state index contributed by atoms with van der Waals surface area (Å²) in [7, 11) is -4.12. The number of carbonyl (C=O) groups excluding carboxylic acids is 2. The number of amides is 2. The number of benzene rings is 1. The molecule has 0 unspecified atom stereocenters. The van der Waals surface area contributed by atoms with Gasteiger partial charge in [0.25, 0.3) is 15.9 Å². The topological polar surface area (TPSA) is 133 Å². The van der Waals surface area contributed by atoms with Crippen LogP contribution in [0.4, 0.5) is 0 Å². The van der Waals surface area contributed by atoms with Crippen molar-refractivity contribution in [1.29, 1.82) is 0 Å². The minimum atomic E-state index is -4.12. The van der Waals surface area contributed by atoms with Gasteiger partial charge in [-0.3, -0.25) is 9.59 Å². The van der Waals surface area contributed by atoms with Crippen molar-refractivity contribution in [2.45, 2.75) is 51.9 Å². The first kappa shape index (κ1) is 28.1. The Morgan fingerprint density at radius 2 is 1.69 bits per heavy atom. The van der Waals surface area contributed by atoms with Gasteiger partial charge in [0.15, 0.2) is 0 Å². The van der Waals surface area contributed by atoms with Crippen molar-refractivity contribution in [3.05, 3.63) is 53.3 Å².